The van der Waals surface area contributed by atoms with Crippen molar-refractivity contribution in [3.8, 4) is 0 Å². The second-order valence-electron chi connectivity index (χ2n) is 6.27. The Labute approximate surface area is 104 Å². The lowest BCUT2D eigenvalue weighted by Crippen LogP contribution is -2.11. The molecule has 0 N–H and O–H groups in total. The van der Waals surface area contributed by atoms with Gasteiger partial charge in [0.15, 0.2) is 0 Å². The van der Waals surface area contributed by atoms with Crippen molar-refractivity contribution in [3.05, 3.63) is 35.5 Å². The van der Waals surface area contributed by atoms with E-state index in [4.69, 9.17) is 0 Å². The number of hydrogen-bond acceptors (Lipinski definition) is 0. The molecular formula is C16H23N. The van der Waals surface area contributed by atoms with Gasteiger partial charge in [-0.2, -0.15) is 0 Å². The van der Waals surface area contributed by atoms with Crippen molar-refractivity contribution in [2.75, 3.05) is 0 Å². The van der Waals surface area contributed by atoms with Gasteiger partial charge in [0.1, 0.15) is 0 Å². The van der Waals surface area contributed by atoms with Gasteiger partial charge in [-0.15, -0.1) is 0 Å². The normalized spacial score (nSPS) is 12.6. The van der Waals surface area contributed by atoms with Gasteiger partial charge in [-0.25, -0.2) is 0 Å². The lowest BCUT2D eigenvalue weighted by Gasteiger charge is -2.20. The fourth-order valence-electron chi connectivity index (χ4n) is 2.51. The van der Waals surface area contributed by atoms with Crippen molar-refractivity contribution in [2.45, 2.75) is 53.0 Å². The SMILES string of the molecule is Cc1cc2ccc(C(C)(C)C)cc2n1C(C)C. The van der Waals surface area contributed by atoms with Gasteiger partial charge in [-0.3, -0.25) is 0 Å². The molecule has 1 heteroatoms. The molecule has 0 unspecified atom stereocenters. The molecule has 2 aromatic rings. The predicted molar refractivity (Wildman–Crippen MR) is 75.8 cm³/mol. The Hall–Kier alpha value is -1.24. The Bertz CT molecular complexity index is 538. The average Bonchev–Trinajstić information content (AvgIpc) is 2.50. The highest BCUT2D eigenvalue weighted by Crippen LogP contribution is 2.29. The number of aryl methyl sites for hydroxylation is 1. The van der Waals surface area contributed by atoms with Crippen LogP contribution in [0.25, 0.3) is 10.9 Å². The van der Waals surface area contributed by atoms with E-state index in [-0.39, 0.29) is 5.41 Å². The predicted octanol–water partition coefficient (Wildman–Crippen LogP) is 4.83. The quantitative estimate of drug-likeness (QED) is 0.660. The smallest absolute Gasteiger partial charge is 0.0487 e. The van der Waals surface area contributed by atoms with Gasteiger partial charge in [-0.05, 0) is 49.3 Å². The van der Waals surface area contributed by atoms with Crippen molar-refractivity contribution in [3.63, 3.8) is 0 Å². The molecule has 0 saturated carbocycles. The van der Waals surface area contributed by atoms with Crippen LogP contribution in [0.2, 0.25) is 0 Å². The van der Waals surface area contributed by atoms with E-state index in [0.29, 0.717) is 6.04 Å². The molecule has 1 nitrogen and oxygen atoms in total. The molecular weight excluding hydrogens is 206 g/mol. The van der Waals surface area contributed by atoms with Crippen LogP contribution in [0.4, 0.5) is 0 Å². The van der Waals surface area contributed by atoms with Crippen molar-refractivity contribution < 1.29 is 0 Å². The molecule has 0 bridgehead atoms. The van der Waals surface area contributed by atoms with Gasteiger partial charge in [0, 0.05) is 17.3 Å². The summed E-state index contributed by atoms with van der Waals surface area (Å²) >= 11 is 0. The van der Waals surface area contributed by atoms with Crippen LogP contribution in [-0.4, -0.2) is 4.57 Å². The highest BCUT2D eigenvalue weighted by molar-refractivity contribution is 5.82. The highest BCUT2D eigenvalue weighted by Gasteiger charge is 2.16. The van der Waals surface area contributed by atoms with Crippen LogP contribution >= 0.6 is 0 Å². The number of benzene rings is 1. The second kappa shape index (κ2) is 3.90. The van der Waals surface area contributed by atoms with Crippen LogP contribution in [0.3, 0.4) is 0 Å². The van der Waals surface area contributed by atoms with E-state index in [1.165, 1.54) is 22.2 Å². The van der Waals surface area contributed by atoms with Gasteiger partial charge < -0.3 is 4.57 Å². The van der Waals surface area contributed by atoms with Crippen LogP contribution in [0.5, 0.6) is 0 Å². The molecule has 0 aliphatic carbocycles. The fraction of sp³-hybridized carbons (Fsp3) is 0.500. The Morgan fingerprint density at radius 2 is 1.71 bits per heavy atom. The fourth-order valence-corrected chi connectivity index (χ4v) is 2.51. The summed E-state index contributed by atoms with van der Waals surface area (Å²) < 4.78 is 2.42. The van der Waals surface area contributed by atoms with E-state index in [2.05, 4.69) is 70.4 Å². The first kappa shape index (κ1) is 12.2. The summed E-state index contributed by atoms with van der Waals surface area (Å²) in [5.74, 6) is 0. The van der Waals surface area contributed by atoms with Crippen molar-refractivity contribution in [1.82, 2.24) is 4.57 Å². The van der Waals surface area contributed by atoms with E-state index in [0.717, 1.165) is 0 Å². The average molecular weight is 229 g/mol. The molecule has 0 amide bonds. The Morgan fingerprint density at radius 3 is 2.24 bits per heavy atom. The summed E-state index contributed by atoms with van der Waals surface area (Å²) in [6, 6.07) is 9.65. The Balaban J connectivity index is 2.71. The van der Waals surface area contributed by atoms with Crippen LogP contribution < -0.4 is 0 Å². The zero-order chi connectivity index (χ0) is 12.8. The number of rotatable bonds is 1. The molecule has 0 saturated heterocycles. The summed E-state index contributed by atoms with van der Waals surface area (Å²) in [4.78, 5) is 0. The van der Waals surface area contributed by atoms with Gasteiger partial charge >= 0.3 is 0 Å². The van der Waals surface area contributed by atoms with Crippen molar-refractivity contribution in [1.29, 1.82) is 0 Å². The maximum absolute atomic E-state index is 2.42. The number of nitrogens with zero attached hydrogens (tertiary/aromatic N) is 1. The van der Waals surface area contributed by atoms with Crippen LogP contribution in [0.15, 0.2) is 24.3 Å². The van der Waals surface area contributed by atoms with E-state index >= 15 is 0 Å². The molecule has 1 heterocycles. The van der Waals surface area contributed by atoms with Crippen molar-refractivity contribution in [2.24, 2.45) is 0 Å². The first-order valence-electron chi connectivity index (χ1n) is 6.43. The molecule has 0 aliphatic rings. The second-order valence-corrected chi connectivity index (χ2v) is 6.27. The summed E-state index contributed by atoms with van der Waals surface area (Å²) in [6.45, 7) is 13.5. The molecule has 0 radical (unpaired) electrons. The highest BCUT2D eigenvalue weighted by atomic mass is 15.0. The van der Waals surface area contributed by atoms with Crippen LogP contribution in [0, 0.1) is 6.92 Å². The molecule has 1 aromatic heterocycles. The first-order valence-corrected chi connectivity index (χ1v) is 6.43. The molecule has 0 atom stereocenters. The Kier molecular flexibility index (Phi) is 2.81. The van der Waals surface area contributed by atoms with Gasteiger partial charge in [0.2, 0.25) is 0 Å². The number of hydrogen-bond donors (Lipinski definition) is 0. The zero-order valence-corrected chi connectivity index (χ0v) is 11.8. The van der Waals surface area contributed by atoms with Gasteiger partial charge in [0.25, 0.3) is 0 Å². The molecule has 92 valence electrons. The third-order valence-corrected chi connectivity index (χ3v) is 3.42. The van der Waals surface area contributed by atoms with Crippen LogP contribution in [0.1, 0.15) is 51.9 Å². The third kappa shape index (κ3) is 2.11. The maximum atomic E-state index is 2.42. The maximum Gasteiger partial charge on any atom is 0.0487 e. The summed E-state index contributed by atoms with van der Waals surface area (Å²) in [5, 5.41) is 1.35. The lowest BCUT2D eigenvalue weighted by atomic mass is 9.87. The first-order chi connectivity index (χ1) is 7.80. The molecule has 0 aliphatic heterocycles. The van der Waals surface area contributed by atoms with E-state index in [1.807, 2.05) is 0 Å². The minimum absolute atomic E-state index is 0.216. The summed E-state index contributed by atoms with van der Waals surface area (Å²) in [7, 11) is 0. The zero-order valence-electron chi connectivity index (χ0n) is 11.8. The van der Waals surface area contributed by atoms with Crippen LogP contribution in [-0.2, 0) is 5.41 Å². The summed E-state index contributed by atoms with van der Waals surface area (Å²) in [6.07, 6.45) is 0. The van der Waals surface area contributed by atoms with Gasteiger partial charge in [0.05, 0.1) is 0 Å². The van der Waals surface area contributed by atoms with E-state index in [1.54, 1.807) is 0 Å². The number of aromatic nitrogens is 1. The topological polar surface area (TPSA) is 4.93 Å². The number of fused-ring (bicyclic) bond motifs is 1. The standard InChI is InChI=1S/C16H23N/c1-11(2)17-12(3)9-13-7-8-14(10-15(13)17)16(4,5)6/h7-11H,1-6H3. The third-order valence-electron chi connectivity index (χ3n) is 3.42. The molecule has 0 fully saturated rings. The van der Waals surface area contributed by atoms with Crippen molar-refractivity contribution >= 4 is 10.9 Å². The molecule has 2 rings (SSSR count). The monoisotopic (exact) mass is 229 g/mol. The van der Waals surface area contributed by atoms with E-state index < -0.39 is 0 Å². The lowest BCUT2D eigenvalue weighted by molar-refractivity contribution is 0.586. The summed E-state index contributed by atoms with van der Waals surface area (Å²) in [5.41, 5.74) is 4.34. The van der Waals surface area contributed by atoms with E-state index in [9.17, 15) is 0 Å². The largest absolute Gasteiger partial charge is 0.342 e. The minimum atomic E-state index is 0.216. The minimum Gasteiger partial charge on any atom is -0.342 e. The molecule has 0 spiro atoms. The molecule has 1 aromatic carbocycles. The Morgan fingerprint density at radius 1 is 1.06 bits per heavy atom. The van der Waals surface area contributed by atoms with Gasteiger partial charge in [-0.1, -0.05) is 32.9 Å². The molecule has 17 heavy (non-hydrogen) atoms.